The van der Waals surface area contributed by atoms with Gasteiger partial charge in [0.25, 0.3) is 0 Å². The summed E-state index contributed by atoms with van der Waals surface area (Å²) in [5.41, 5.74) is 5.85. The van der Waals surface area contributed by atoms with Crippen molar-refractivity contribution < 1.29 is 0 Å². The predicted octanol–water partition coefficient (Wildman–Crippen LogP) is 0.968. The molecule has 2 atom stereocenters. The van der Waals surface area contributed by atoms with E-state index >= 15 is 0 Å². The molecule has 2 heteroatoms. The van der Waals surface area contributed by atoms with Gasteiger partial charge in [-0.05, 0) is 26.3 Å². The van der Waals surface area contributed by atoms with Crippen molar-refractivity contribution in [2.24, 2.45) is 11.7 Å². The lowest BCUT2D eigenvalue weighted by atomic mass is 9.99. The molecule has 0 aromatic carbocycles. The molecule has 0 aliphatic rings. The van der Waals surface area contributed by atoms with Gasteiger partial charge in [0, 0.05) is 12.1 Å². The topological polar surface area (TPSA) is 38.0 Å². The lowest BCUT2D eigenvalue weighted by Crippen LogP contribution is -2.34. The SMILES string of the molecule is CN[C@H](C)CC(N)C(C)C. The number of hydrogen-bond donors (Lipinski definition) is 2. The Hall–Kier alpha value is -0.0800. The van der Waals surface area contributed by atoms with Gasteiger partial charge in [0.05, 0.1) is 0 Å². The molecule has 62 valence electrons. The third kappa shape index (κ3) is 3.85. The monoisotopic (exact) mass is 144 g/mol. The van der Waals surface area contributed by atoms with Gasteiger partial charge in [-0.1, -0.05) is 13.8 Å². The van der Waals surface area contributed by atoms with Crippen molar-refractivity contribution in [3.05, 3.63) is 0 Å². The molecule has 0 aliphatic carbocycles. The highest BCUT2D eigenvalue weighted by molar-refractivity contribution is 4.71. The molecular weight excluding hydrogens is 124 g/mol. The number of hydrogen-bond acceptors (Lipinski definition) is 2. The van der Waals surface area contributed by atoms with E-state index in [1.165, 1.54) is 0 Å². The normalized spacial score (nSPS) is 17.4. The van der Waals surface area contributed by atoms with Crippen molar-refractivity contribution in [3.63, 3.8) is 0 Å². The largest absolute Gasteiger partial charge is 0.327 e. The summed E-state index contributed by atoms with van der Waals surface area (Å²) < 4.78 is 0. The molecule has 10 heavy (non-hydrogen) atoms. The Labute approximate surface area is 64.2 Å². The minimum absolute atomic E-state index is 0.336. The van der Waals surface area contributed by atoms with E-state index in [0.717, 1.165) is 6.42 Å². The fraction of sp³-hybridized carbons (Fsp3) is 1.00. The fourth-order valence-electron chi connectivity index (χ4n) is 0.798. The van der Waals surface area contributed by atoms with Crippen molar-refractivity contribution in [2.45, 2.75) is 39.3 Å². The van der Waals surface area contributed by atoms with Crippen LogP contribution in [0.2, 0.25) is 0 Å². The van der Waals surface area contributed by atoms with E-state index in [1.54, 1.807) is 0 Å². The van der Waals surface area contributed by atoms with Crippen LogP contribution in [0.15, 0.2) is 0 Å². The van der Waals surface area contributed by atoms with Crippen molar-refractivity contribution in [2.75, 3.05) is 7.05 Å². The van der Waals surface area contributed by atoms with Crippen molar-refractivity contribution in [1.29, 1.82) is 0 Å². The van der Waals surface area contributed by atoms with Gasteiger partial charge in [-0.25, -0.2) is 0 Å². The molecule has 0 fully saturated rings. The molecule has 0 rings (SSSR count). The van der Waals surface area contributed by atoms with Gasteiger partial charge in [0.1, 0.15) is 0 Å². The first-order valence-electron chi connectivity index (χ1n) is 4.00. The summed E-state index contributed by atoms with van der Waals surface area (Å²) in [6, 6.07) is 0.875. The van der Waals surface area contributed by atoms with Crippen LogP contribution in [-0.4, -0.2) is 19.1 Å². The van der Waals surface area contributed by atoms with Crippen LogP contribution >= 0.6 is 0 Å². The maximum Gasteiger partial charge on any atom is 0.00765 e. The van der Waals surface area contributed by atoms with Crippen molar-refractivity contribution in [3.8, 4) is 0 Å². The van der Waals surface area contributed by atoms with Crippen LogP contribution in [-0.2, 0) is 0 Å². The van der Waals surface area contributed by atoms with Gasteiger partial charge in [0.15, 0.2) is 0 Å². The van der Waals surface area contributed by atoms with Crippen LogP contribution in [0.3, 0.4) is 0 Å². The maximum atomic E-state index is 5.85. The Bertz CT molecular complexity index is 81.3. The van der Waals surface area contributed by atoms with Crippen LogP contribution in [0.4, 0.5) is 0 Å². The molecule has 0 radical (unpaired) electrons. The van der Waals surface area contributed by atoms with Crippen LogP contribution in [0.25, 0.3) is 0 Å². The van der Waals surface area contributed by atoms with Gasteiger partial charge >= 0.3 is 0 Å². The summed E-state index contributed by atoms with van der Waals surface area (Å²) in [5.74, 6) is 0.593. The van der Waals surface area contributed by atoms with E-state index in [2.05, 4.69) is 26.1 Å². The van der Waals surface area contributed by atoms with Crippen LogP contribution in [0.5, 0.6) is 0 Å². The van der Waals surface area contributed by atoms with Crippen molar-refractivity contribution in [1.82, 2.24) is 5.32 Å². The molecule has 0 saturated heterocycles. The lowest BCUT2D eigenvalue weighted by molar-refractivity contribution is 0.410. The Morgan fingerprint density at radius 1 is 1.30 bits per heavy atom. The molecule has 0 aromatic heterocycles. The molecule has 0 spiro atoms. The second-order valence-corrected chi connectivity index (χ2v) is 3.33. The van der Waals surface area contributed by atoms with Gasteiger partial charge in [-0.2, -0.15) is 0 Å². The van der Waals surface area contributed by atoms with Crippen LogP contribution in [0, 0.1) is 5.92 Å². The minimum atomic E-state index is 0.336. The first kappa shape index (κ1) is 9.92. The van der Waals surface area contributed by atoms with E-state index in [1.807, 2.05) is 7.05 Å². The standard InChI is InChI=1S/C8H20N2/c1-6(2)8(9)5-7(3)10-4/h6-8,10H,5,9H2,1-4H3/t7-,8?/m1/s1. The highest BCUT2D eigenvalue weighted by Crippen LogP contribution is 2.04. The van der Waals surface area contributed by atoms with Crippen LogP contribution < -0.4 is 11.1 Å². The number of rotatable bonds is 4. The van der Waals surface area contributed by atoms with E-state index in [0.29, 0.717) is 18.0 Å². The molecule has 0 aromatic rings. The van der Waals surface area contributed by atoms with Gasteiger partial charge in [-0.15, -0.1) is 0 Å². The second-order valence-electron chi connectivity index (χ2n) is 3.33. The minimum Gasteiger partial charge on any atom is -0.327 e. The lowest BCUT2D eigenvalue weighted by Gasteiger charge is -2.19. The summed E-state index contributed by atoms with van der Waals surface area (Å²) in [7, 11) is 1.97. The Balaban J connectivity index is 3.46. The summed E-state index contributed by atoms with van der Waals surface area (Å²) in [5, 5.41) is 3.17. The average molecular weight is 144 g/mol. The number of nitrogens with one attached hydrogen (secondary N) is 1. The quantitative estimate of drug-likeness (QED) is 0.617. The van der Waals surface area contributed by atoms with Gasteiger partial charge in [0.2, 0.25) is 0 Å². The zero-order valence-corrected chi connectivity index (χ0v) is 7.52. The second kappa shape index (κ2) is 4.69. The Morgan fingerprint density at radius 2 is 1.80 bits per heavy atom. The van der Waals surface area contributed by atoms with Crippen molar-refractivity contribution >= 4 is 0 Å². The molecule has 3 N–H and O–H groups in total. The van der Waals surface area contributed by atoms with E-state index in [4.69, 9.17) is 5.73 Å². The molecular formula is C8H20N2. The maximum absolute atomic E-state index is 5.85. The molecule has 0 amide bonds. The summed E-state index contributed by atoms with van der Waals surface area (Å²) in [4.78, 5) is 0. The molecule has 2 nitrogen and oxygen atoms in total. The first-order chi connectivity index (χ1) is 4.57. The van der Waals surface area contributed by atoms with E-state index < -0.39 is 0 Å². The summed E-state index contributed by atoms with van der Waals surface area (Å²) >= 11 is 0. The predicted molar refractivity (Wildman–Crippen MR) is 46.0 cm³/mol. The molecule has 0 aliphatic heterocycles. The van der Waals surface area contributed by atoms with E-state index in [9.17, 15) is 0 Å². The summed E-state index contributed by atoms with van der Waals surface area (Å²) in [6.45, 7) is 6.47. The first-order valence-corrected chi connectivity index (χ1v) is 4.00. The fourth-order valence-corrected chi connectivity index (χ4v) is 0.798. The highest BCUT2D eigenvalue weighted by atomic mass is 14.9. The summed E-state index contributed by atoms with van der Waals surface area (Å²) in [6.07, 6.45) is 1.06. The Morgan fingerprint density at radius 3 is 2.10 bits per heavy atom. The molecule has 0 heterocycles. The zero-order chi connectivity index (χ0) is 8.15. The number of nitrogens with two attached hydrogens (primary N) is 1. The zero-order valence-electron chi connectivity index (χ0n) is 7.52. The Kier molecular flexibility index (Phi) is 4.65. The molecule has 0 saturated carbocycles. The average Bonchev–Trinajstić information content (AvgIpc) is 1.87. The molecule has 0 bridgehead atoms. The molecule has 1 unspecified atom stereocenters. The van der Waals surface area contributed by atoms with Crippen LogP contribution in [0.1, 0.15) is 27.2 Å². The highest BCUT2D eigenvalue weighted by Gasteiger charge is 2.10. The third-order valence-corrected chi connectivity index (χ3v) is 1.97. The van der Waals surface area contributed by atoms with E-state index in [-0.39, 0.29) is 0 Å². The smallest absolute Gasteiger partial charge is 0.00765 e. The van der Waals surface area contributed by atoms with Gasteiger partial charge < -0.3 is 11.1 Å². The third-order valence-electron chi connectivity index (χ3n) is 1.97. The van der Waals surface area contributed by atoms with Gasteiger partial charge in [-0.3, -0.25) is 0 Å².